The summed E-state index contributed by atoms with van der Waals surface area (Å²) in [5, 5.41) is 5.88. The van der Waals surface area contributed by atoms with Crippen molar-refractivity contribution in [1.29, 1.82) is 0 Å². The quantitative estimate of drug-likeness (QED) is 0.718. The van der Waals surface area contributed by atoms with Crippen LogP contribution >= 0.6 is 12.4 Å². The van der Waals surface area contributed by atoms with Crippen molar-refractivity contribution in [2.75, 3.05) is 32.7 Å². The minimum Gasteiger partial charge on any atom is -0.339 e. The molecule has 4 amide bonds. The zero-order chi connectivity index (χ0) is 18.5. The fourth-order valence-corrected chi connectivity index (χ4v) is 3.42. The second kappa shape index (κ2) is 9.71. The summed E-state index contributed by atoms with van der Waals surface area (Å²) < 4.78 is 0. The Hall–Kier alpha value is -2.12. The maximum Gasteiger partial charge on any atom is 0.324 e. The van der Waals surface area contributed by atoms with E-state index in [2.05, 4.69) is 17.6 Å². The van der Waals surface area contributed by atoms with Crippen molar-refractivity contribution in [3.05, 3.63) is 35.4 Å². The third-order valence-electron chi connectivity index (χ3n) is 5.06. The molecule has 0 radical (unpaired) electrons. The van der Waals surface area contributed by atoms with Crippen LogP contribution < -0.4 is 10.6 Å². The SMILES string of the molecule is CCNCC1CCN(C(=O)c2ccc(CN3C(=O)CNC3=O)cc2)CC1.Cl. The molecule has 8 heteroatoms. The molecule has 1 aromatic rings. The first-order chi connectivity index (χ1) is 12.6. The van der Waals surface area contributed by atoms with E-state index >= 15 is 0 Å². The van der Waals surface area contributed by atoms with E-state index in [4.69, 9.17) is 0 Å². The van der Waals surface area contributed by atoms with Gasteiger partial charge in [-0.1, -0.05) is 19.1 Å². The zero-order valence-corrected chi connectivity index (χ0v) is 16.4. The minimum absolute atomic E-state index is 0. The number of nitrogens with one attached hydrogen (secondary N) is 2. The summed E-state index contributed by atoms with van der Waals surface area (Å²) in [5.74, 6) is 0.467. The average Bonchev–Trinajstić information content (AvgIpc) is 2.99. The third kappa shape index (κ3) is 5.20. The average molecular weight is 395 g/mol. The van der Waals surface area contributed by atoms with Crippen LogP contribution in [0.1, 0.15) is 35.7 Å². The lowest BCUT2D eigenvalue weighted by molar-refractivity contribution is -0.125. The fraction of sp³-hybridized carbons (Fsp3) is 0.526. The summed E-state index contributed by atoms with van der Waals surface area (Å²) in [4.78, 5) is 39.0. The van der Waals surface area contributed by atoms with Gasteiger partial charge in [-0.2, -0.15) is 0 Å². The minimum atomic E-state index is -0.365. The van der Waals surface area contributed by atoms with Crippen molar-refractivity contribution in [3.63, 3.8) is 0 Å². The van der Waals surface area contributed by atoms with Gasteiger partial charge in [0.2, 0.25) is 5.91 Å². The maximum atomic E-state index is 12.7. The molecule has 27 heavy (non-hydrogen) atoms. The number of hydrogen-bond acceptors (Lipinski definition) is 4. The van der Waals surface area contributed by atoms with Gasteiger partial charge in [0.25, 0.3) is 5.91 Å². The number of rotatable bonds is 6. The van der Waals surface area contributed by atoms with E-state index in [9.17, 15) is 14.4 Å². The highest BCUT2D eigenvalue weighted by Gasteiger charge is 2.28. The van der Waals surface area contributed by atoms with Crippen molar-refractivity contribution in [1.82, 2.24) is 20.4 Å². The highest BCUT2D eigenvalue weighted by Crippen LogP contribution is 2.19. The van der Waals surface area contributed by atoms with Gasteiger partial charge < -0.3 is 15.5 Å². The molecule has 7 nitrogen and oxygen atoms in total. The molecule has 2 N–H and O–H groups in total. The standard InChI is InChI=1S/C19H26N4O3.ClH/c1-2-20-11-14-7-9-22(10-8-14)18(25)16-5-3-15(4-6-16)13-23-17(24)12-21-19(23)26;/h3-6,14,20H,2,7-13H2,1H3,(H,21,26);1H. The number of nitrogens with zero attached hydrogens (tertiary/aromatic N) is 2. The van der Waals surface area contributed by atoms with Gasteiger partial charge >= 0.3 is 6.03 Å². The molecule has 3 rings (SSSR count). The Morgan fingerprint density at radius 2 is 1.85 bits per heavy atom. The summed E-state index contributed by atoms with van der Waals surface area (Å²) in [6.45, 7) is 5.98. The van der Waals surface area contributed by atoms with E-state index in [1.807, 2.05) is 17.0 Å². The number of carbonyl (C=O) groups excluding carboxylic acids is 3. The zero-order valence-electron chi connectivity index (χ0n) is 15.6. The Morgan fingerprint density at radius 3 is 2.41 bits per heavy atom. The highest BCUT2D eigenvalue weighted by atomic mass is 35.5. The van der Waals surface area contributed by atoms with Crippen LogP contribution in [0.3, 0.4) is 0 Å². The van der Waals surface area contributed by atoms with Gasteiger partial charge in [0.1, 0.15) is 0 Å². The number of benzene rings is 1. The molecule has 0 bridgehead atoms. The van der Waals surface area contributed by atoms with Gasteiger partial charge in [-0.25, -0.2) is 4.79 Å². The predicted molar refractivity (Wildman–Crippen MR) is 105 cm³/mol. The largest absolute Gasteiger partial charge is 0.339 e. The number of imide groups is 1. The molecule has 0 spiro atoms. The second-order valence-electron chi connectivity index (χ2n) is 6.88. The molecule has 0 unspecified atom stereocenters. The maximum absolute atomic E-state index is 12.7. The number of piperidine rings is 1. The second-order valence-corrected chi connectivity index (χ2v) is 6.88. The van der Waals surface area contributed by atoms with Crippen LogP contribution in [0, 0.1) is 5.92 Å². The Balaban J connectivity index is 0.00000261. The molecule has 0 aliphatic carbocycles. The highest BCUT2D eigenvalue weighted by molar-refractivity contribution is 6.01. The summed E-state index contributed by atoms with van der Waals surface area (Å²) in [6.07, 6.45) is 2.06. The van der Waals surface area contributed by atoms with Gasteiger partial charge in [0.15, 0.2) is 0 Å². The molecule has 2 heterocycles. The van der Waals surface area contributed by atoms with Crippen LogP contribution in [-0.2, 0) is 11.3 Å². The van der Waals surface area contributed by atoms with E-state index in [1.54, 1.807) is 12.1 Å². The Kier molecular flexibility index (Phi) is 7.62. The van der Waals surface area contributed by atoms with Gasteiger partial charge in [-0.3, -0.25) is 14.5 Å². The van der Waals surface area contributed by atoms with Gasteiger partial charge in [-0.15, -0.1) is 12.4 Å². The van der Waals surface area contributed by atoms with Crippen LogP contribution in [0.25, 0.3) is 0 Å². The Labute approximate surface area is 165 Å². The molecule has 2 aliphatic rings. The predicted octanol–water partition coefficient (Wildman–Crippen LogP) is 1.62. The molecular weight excluding hydrogens is 368 g/mol. The number of carbonyl (C=O) groups is 3. The topological polar surface area (TPSA) is 81.8 Å². The summed E-state index contributed by atoms with van der Waals surface area (Å²) >= 11 is 0. The molecule has 0 atom stereocenters. The first-order valence-electron chi connectivity index (χ1n) is 9.25. The number of urea groups is 1. The number of likely N-dealkylation sites (tertiary alicyclic amines) is 1. The third-order valence-corrected chi connectivity index (χ3v) is 5.06. The van der Waals surface area contributed by atoms with Crippen LogP contribution in [0.5, 0.6) is 0 Å². The van der Waals surface area contributed by atoms with E-state index in [-0.39, 0.29) is 43.3 Å². The van der Waals surface area contributed by atoms with Crippen LogP contribution in [0.4, 0.5) is 4.79 Å². The van der Waals surface area contributed by atoms with Crippen molar-refractivity contribution in [2.24, 2.45) is 5.92 Å². The molecule has 0 saturated carbocycles. The molecular formula is C19H27ClN4O3. The van der Waals surface area contributed by atoms with Crippen LogP contribution in [-0.4, -0.2) is 60.4 Å². The molecule has 2 aliphatic heterocycles. The summed E-state index contributed by atoms with van der Waals surface area (Å²) in [7, 11) is 0. The Bertz CT molecular complexity index is 656. The molecule has 0 aromatic heterocycles. The van der Waals surface area contributed by atoms with Crippen molar-refractivity contribution < 1.29 is 14.4 Å². The van der Waals surface area contributed by atoms with E-state index in [1.165, 1.54) is 4.90 Å². The summed E-state index contributed by atoms with van der Waals surface area (Å²) in [6, 6.07) is 6.81. The molecule has 2 fully saturated rings. The van der Waals surface area contributed by atoms with Crippen LogP contribution in [0.2, 0.25) is 0 Å². The number of amides is 4. The van der Waals surface area contributed by atoms with E-state index in [0.717, 1.165) is 44.6 Å². The monoisotopic (exact) mass is 394 g/mol. The first kappa shape index (κ1) is 21.2. The van der Waals surface area contributed by atoms with Gasteiger partial charge in [0.05, 0.1) is 13.1 Å². The van der Waals surface area contributed by atoms with Crippen molar-refractivity contribution in [3.8, 4) is 0 Å². The Morgan fingerprint density at radius 1 is 1.19 bits per heavy atom. The lowest BCUT2D eigenvalue weighted by Crippen LogP contribution is -2.40. The van der Waals surface area contributed by atoms with Crippen LogP contribution in [0.15, 0.2) is 24.3 Å². The van der Waals surface area contributed by atoms with Crippen molar-refractivity contribution >= 4 is 30.3 Å². The number of hydrogen-bond donors (Lipinski definition) is 2. The van der Waals surface area contributed by atoms with E-state index in [0.29, 0.717) is 11.5 Å². The fourth-order valence-electron chi connectivity index (χ4n) is 3.42. The summed E-state index contributed by atoms with van der Waals surface area (Å²) in [5.41, 5.74) is 1.48. The molecule has 1 aromatic carbocycles. The van der Waals surface area contributed by atoms with Gasteiger partial charge in [-0.05, 0) is 49.5 Å². The van der Waals surface area contributed by atoms with Gasteiger partial charge in [0, 0.05) is 18.7 Å². The molecule has 2 saturated heterocycles. The van der Waals surface area contributed by atoms with E-state index < -0.39 is 0 Å². The first-order valence-corrected chi connectivity index (χ1v) is 9.25. The molecule has 148 valence electrons. The lowest BCUT2D eigenvalue weighted by atomic mass is 9.96. The smallest absolute Gasteiger partial charge is 0.324 e. The van der Waals surface area contributed by atoms with Crippen molar-refractivity contribution in [2.45, 2.75) is 26.3 Å². The lowest BCUT2D eigenvalue weighted by Gasteiger charge is -2.32. The normalized spacial score (nSPS) is 17.7. The number of halogens is 1.